The molecule has 1 fully saturated rings. The molecule has 0 atom stereocenters. The molecule has 21 heavy (non-hydrogen) atoms. The van der Waals surface area contributed by atoms with Crippen LogP contribution in [0.15, 0.2) is 11.2 Å². The first-order chi connectivity index (χ1) is 9.65. The Balaban J connectivity index is 2.11. The molecule has 1 aliphatic heterocycles. The minimum Gasteiger partial charge on any atom is -0.332 e. The zero-order valence-electron chi connectivity index (χ0n) is 12.1. The molecule has 0 saturated carbocycles. The number of aryl methyl sites for hydroxylation is 1. The highest BCUT2D eigenvalue weighted by atomic mass is 32.2. The van der Waals surface area contributed by atoms with Gasteiger partial charge in [0.15, 0.2) is 5.03 Å². The van der Waals surface area contributed by atoms with Gasteiger partial charge in [-0.1, -0.05) is 0 Å². The first kappa shape index (κ1) is 16.4. The van der Waals surface area contributed by atoms with Crippen molar-refractivity contribution in [2.45, 2.75) is 11.9 Å². The largest absolute Gasteiger partial charge is 0.332 e. The monoisotopic (exact) mass is 337 g/mol. The number of H-pyrrole nitrogens is 1. The van der Waals surface area contributed by atoms with Crippen LogP contribution in [0, 0.1) is 6.92 Å². The van der Waals surface area contributed by atoms with E-state index in [0.29, 0.717) is 5.82 Å². The van der Waals surface area contributed by atoms with Gasteiger partial charge in [-0.05, 0) is 6.92 Å². The molecule has 11 heteroatoms. The Kier molecular flexibility index (Phi) is 4.40. The molecule has 0 amide bonds. The van der Waals surface area contributed by atoms with E-state index in [2.05, 4.69) is 9.97 Å². The van der Waals surface area contributed by atoms with Crippen molar-refractivity contribution in [2.24, 2.45) is 0 Å². The van der Waals surface area contributed by atoms with Gasteiger partial charge in [-0.3, -0.25) is 0 Å². The van der Waals surface area contributed by atoms with Crippen molar-refractivity contribution < 1.29 is 16.8 Å². The van der Waals surface area contributed by atoms with Crippen LogP contribution in [-0.2, 0) is 20.2 Å². The topological polar surface area (TPSA) is 107 Å². The van der Waals surface area contributed by atoms with Crippen molar-refractivity contribution in [3.05, 3.63) is 12.0 Å². The van der Waals surface area contributed by atoms with Gasteiger partial charge >= 0.3 is 0 Å². The molecule has 0 bridgehead atoms. The SMILES string of the molecule is Cc1ncc(S(=O)(=O)N2CCN(S(=O)(=O)N(C)C)CC2)[nH]1. The Morgan fingerprint density at radius 3 is 2.05 bits per heavy atom. The van der Waals surface area contributed by atoms with Gasteiger partial charge in [-0.25, -0.2) is 13.4 Å². The third-order valence-corrected chi connectivity index (χ3v) is 7.03. The fourth-order valence-corrected chi connectivity index (χ4v) is 4.51. The van der Waals surface area contributed by atoms with Gasteiger partial charge in [0.2, 0.25) is 0 Å². The summed E-state index contributed by atoms with van der Waals surface area (Å²) in [5, 5.41) is 0.0314. The summed E-state index contributed by atoms with van der Waals surface area (Å²) >= 11 is 0. The van der Waals surface area contributed by atoms with Crippen molar-refractivity contribution in [2.75, 3.05) is 40.3 Å². The number of hydrogen-bond acceptors (Lipinski definition) is 5. The predicted molar refractivity (Wildman–Crippen MR) is 76.3 cm³/mol. The van der Waals surface area contributed by atoms with Gasteiger partial charge in [0.1, 0.15) is 5.82 Å². The number of aromatic amines is 1. The van der Waals surface area contributed by atoms with E-state index < -0.39 is 20.2 Å². The normalized spacial score (nSPS) is 19.2. The van der Waals surface area contributed by atoms with Crippen LogP contribution in [0.25, 0.3) is 0 Å². The van der Waals surface area contributed by atoms with E-state index in [9.17, 15) is 16.8 Å². The minimum atomic E-state index is -3.65. The number of sulfonamides is 1. The summed E-state index contributed by atoms with van der Waals surface area (Å²) in [6.45, 7) is 2.17. The second-order valence-corrected chi connectivity index (χ2v) is 8.97. The van der Waals surface area contributed by atoms with E-state index in [0.717, 1.165) is 4.31 Å². The molecule has 120 valence electrons. The van der Waals surface area contributed by atoms with Crippen LogP contribution in [0.5, 0.6) is 0 Å². The fourth-order valence-electron chi connectivity index (χ4n) is 2.04. The van der Waals surface area contributed by atoms with E-state index in [-0.39, 0.29) is 31.2 Å². The lowest BCUT2D eigenvalue weighted by molar-refractivity contribution is 0.262. The van der Waals surface area contributed by atoms with Gasteiger partial charge < -0.3 is 4.98 Å². The number of imidazole rings is 1. The lowest BCUT2D eigenvalue weighted by Crippen LogP contribution is -2.52. The number of aromatic nitrogens is 2. The molecule has 1 saturated heterocycles. The van der Waals surface area contributed by atoms with E-state index in [1.165, 1.54) is 28.9 Å². The molecule has 0 unspecified atom stereocenters. The Morgan fingerprint density at radius 2 is 1.62 bits per heavy atom. The van der Waals surface area contributed by atoms with Gasteiger partial charge in [-0.15, -0.1) is 0 Å². The van der Waals surface area contributed by atoms with Gasteiger partial charge in [0.25, 0.3) is 20.2 Å². The first-order valence-electron chi connectivity index (χ1n) is 6.35. The molecule has 2 heterocycles. The Hall–Kier alpha value is -1.01. The van der Waals surface area contributed by atoms with Crippen LogP contribution >= 0.6 is 0 Å². The molecule has 0 radical (unpaired) electrons. The van der Waals surface area contributed by atoms with Gasteiger partial charge in [-0.2, -0.15) is 21.3 Å². The lowest BCUT2D eigenvalue weighted by atomic mass is 10.4. The summed E-state index contributed by atoms with van der Waals surface area (Å²) in [6, 6.07) is 0. The molecule has 1 aromatic rings. The number of hydrogen-bond donors (Lipinski definition) is 1. The molecule has 0 aliphatic carbocycles. The highest BCUT2D eigenvalue weighted by molar-refractivity contribution is 7.89. The van der Waals surface area contributed by atoms with Crippen LogP contribution in [0.3, 0.4) is 0 Å². The summed E-state index contributed by atoms with van der Waals surface area (Å²) in [7, 11) is -4.25. The zero-order chi connectivity index (χ0) is 15.8. The Morgan fingerprint density at radius 1 is 1.10 bits per heavy atom. The number of nitrogens with zero attached hydrogens (tertiary/aromatic N) is 4. The summed E-state index contributed by atoms with van der Waals surface area (Å²) in [5.74, 6) is 0.516. The highest BCUT2D eigenvalue weighted by Gasteiger charge is 2.34. The standard InChI is InChI=1S/C10H19N5O4S2/c1-9-11-8-10(12-9)20(16,17)14-4-6-15(7-5-14)21(18,19)13(2)3/h8H,4-7H2,1-3H3,(H,11,12). The van der Waals surface area contributed by atoms with Crippen molar-refractivity contribution in [3.63, 3.8) is 0 Å². The number of piperazine rings is 1. The number of rotatable bonds is 4. The average molecular weight is 337 g/mol. The van der Waals surface area contributed by atoms with Crippen molar-refractivity contribution in [1.82, 2.24) is 22.9 Å². The van der Waals surface area contributed by atoms with Crippen LogP contribution in [0.1, 0.15) is 5.82 Å². The Labute approximate surface area is 124 Å². The maximum absolute atomic E-state index is 12.4. The maximum atomic E-state index is 12.4. The van der Waals surface area contributed by atoms with E-state index >= 15 is 0 Å². The quantitative estimate of drug-likeness (QED) is 0.745. The molecule has 2 rings (SSSR count). The van der Waals surface area contributed by atoms with Crippen molar-refractivity contribution in [1.29, 1.82) is 0 Å². The van der Waals surface area contributed by atoms with E-state index in [1.807, 2.05) is 0 Å². The summed E-state index contributed by atoms with van der Waals surface area (Å²) in [5.41, 5.74) is 0. The fraction of sp³-hybridized carbons (Fsp3) is 0.700. The molecule has 0 spiro atoms. The van der Waals surface area contributed by atoms with Gasteiger partial charge in [0.05, 0.1) is 6.20 Å². The average Bonchev–Trinajstić information content (AvgIpc) is 2.86. The highest BCUT2D eigenvalue weighted by Crippen LogP contribution is 2.17. The van der Waals surface area contributed by atoms with Crippen LogP contribution < -0.4 is 0 Å². The second-order valence-electron chi connectivity index (χ2n) is 4.93. The zero-order valence-corrected chi connectivity index (χ0v) is 13.8. The van der Waals surface area contributed by atoms with Crippen molar-refractivity contribution >= 4 is 20.2 Å². The first-order valence-corrected chi connectivity index (χ1v) is 9.19. The molecule has 0 aromatic carbocycles. The van der Waals surface area contributed by atoms with Crippen LogP contribution in [0.2, 0.25) is 0 Å². The van der Waals surface area contributed by atoms with Crippen molar-refractivity contribution in [3.8, 4) is 0 Å². The molecule has 1 N–H and O–H groups in total. The van der Waals surface area contributed by atoms with Gasteiger partial charge in [0, 0.05) is 40.3 Å². The summed E-state index contributed by atoms with van der Waals surface area (Å²) < 4.78 is 52.4. The predicted octanol–water partition coefficient (Wildman–Crippen LogP) is -1.17. The van der Waals surface area contributed by atoms with E-state index in [4.69, 9.17) is 0 Å². The lowest BCUT2D eigenvalue weighted by Gasteiger charge is -2.34. The molecular weight excluding hydrogens is 318 g/mol. The smallest absolute Gasteiger partial charge is 0.281 e. The Bertz CT molecular complexity index is 702. The summed E-state index contributed by atoms with van der Waals surface area (Å²) in [6.07, 6.45) is 1.27. The third kappa shape index (κ3) is 3.11. The number of nitrogens with one attached hydrogen (secondary N) is 1. The second kappa shape index (κ2) is 5.65. The molecule has 1 aliphatic rings. The summed E-state index contributed by atoms with van der Waals surface area (Å²) in [4.78, 5) is 6.57. The molecule has 9 nitrogen and oxygen atoms in total. The van der Waals surface area contributed by atoms with Crippen LogP contribution in [0.4, 0.5) is 0 Å². The maximum Gasteiger partial charge on any atom is 0.281 e. The third-order valence-electron chi connectivity index (χ3n) is 3.28. The van der Waals surface area contributed by atoms with Crippen LogP contribution in [-0.4, -0.2) is 80.0 Å². The minimum absolute atomic E-state index is 0.0314. The van der Waals surface area contributed by atoms with E-state index in [1.54, 1.807) is 6.92 Å². The molecule has 1 aromatic heterocycles. The molecular formula is C10H19N5O4S2.